The first-order valence-corrected chi connectivity index (χ1v) is 10.1. The van der Waals surface area contributed by atoms with E-state index in [1.54, 1.807) is 11.3 Å². The van der Waals surface area contributed by atoms with Crippen LogP contribution in [0.3, 0.4) is 0 Å². The Labute approximate surface area is 150 Å². The Bertz CT molecular complexity index is 570. The summed E-state index contributed by atoms with van der Waals surface area (Å²) in [5.74, 6) is 1.24. The lowest BCUT2D eigenvalue weighted by molar-refractivity contribution is 0.0491. The number of nitrogens with zero attached hydrogens (tertiary/aromatic N) is 1. The zero-order valence-corrected chi connectivity index (χ0v) is 16.4. The van der Waals surface area contributed by atoms with Gasteiger partial charge >= 0.3 is 6.09 Å². The van der Waals surface area contributed by atoms with E-state index in [0.29, 0.717) is 11.8 Å². The van der Waals surface area contributed by atoms with Crippen LogP contribution in [0.25, 0.3) is 0 Å². The molecule has 2 saturated carbocycles. The predicted octanol–water partition coefficient (Wildman–Crippen LogP) is 5.33. The van der Waals surface area contributed by atoms with E-state index in [0.717, 1.165) is 25.7 Å². The highest BCUT2D eigenvalue weighted by atomic mass is 79.9. The number of ether oxygens (including phenoxy) is 1. The van der Waals surface area contributed by atoms with E-state index >= 15 is 0 Å². The fourth-order valence-electron chi connectivity index (χ4n) is 3.07. The van der Waals surface area contributed by atoms with Crippen LogP contribution < -0.4 is 5.32 Å². The second kappa shape index (κ2) is 6.71. The number of carbonyl (C=O) groups excluding carboxylic acids is 1. The van der Waals surface area contributed by atoms with Gasteiger partial charge in [0.15, 0.2) is 0 Å². The number of thiazole rings is 1. The van der Waals surface area contributed by atoms with E-state index < -0.39 is 5.60 Å². The fourth-order valence-corrected chi connectivity index (χ4v) is 5.03. The van der Waals surface area contributed by atoms with Crippen LogP contribution in [0.5, 0.6) is 0 Å². The maximum absolute atomic E-state index is 11.9. The van der Waals surface area contributed by atoms with Gasteiger partial charge in [-0.2, -0.15) is 0 Å². The molecule has 23 heavy (non-hydrogen) atoms. The van der Waals surface area contributed by atoms with Crippen LogP contribution in [-0.4, -0.2) is 22.7 Å². The molecule has 6 heteroatoms. The third-order valence-electron chi connectivity index (χ3n) is 4.39. The minimum atomic E-state index is -0.437. The zero-order valence-electron chi connectivity index (χ0n) is 14.0. The molecule has 128 valence electrons. The van der Waals surface area contributed by atoms with Crippen molar-refractivity contribution in [3.63, 3.8) is 0 Å². The summed E-state index contributed by atoms with van der Waals surface area (Å²) < 4.78 is 6.56. The molecule has 0 aliphatic heterocycles. The molecule has 2 aliphatic rings. The average Bonchev–Trinajstić information content (AvgIpc) is 3.20. The molecule has 1 heterocycles. The van der Waals surface area contributed by atoms with Crippen molar-refractivity contribution in [2.75, 3.05) is 0 Å². The Balaban J connectivity index is 1.50. The summed E-state index contributed by atoms with van der Waals surface area (Å²) in [6.07, 6.45) is 6.45. The highest BCUT2D eigenvalue weighted by Crippen LogP contribution is 2.46. The van der Waals surface area contributed by atoms with Crippen LogP contribution in [0.1, 0.15) is 81.8 Å². The van der Waals surface area contributed by atoms with Crippen LogP contribution >= 0.6 is 27.3 Å². The summed E-state index contributed by atoms with van der Waals surface area (Å²) in [5.41, 5.74) is 0.840. The molecule has 1 aromatic heterocycles. The quantitative estimate of drug-likeness (QED) is 0.745. The summed E-state index contributed by atoms with van der Waals surface area (Å²) in [4.78, 5) is 16.7. The average molecular weight is 401 g/mol. The van der Waals surface area contributed by atoms with Gasteiger partial charge in [-0.05, 0) is 75.2 Å². The molecular formula is C17H25BrN2O2S. The van der Waals surface area contributed by atoms with Gasteiger partial charge in [0.25, 0.3) is 0 Å². The molecule has 1 amide bonds. The molecule has 0 unspecified atom stereocenters. The highest BCUT2D eigenvalue weighted by molar-refractivity contribution is 9.11. The standard InChI is InChI=1S/C17H25BrN2O2S/c1-17(2,3)22-16(21)19-12-8-6-11(7-9-12)15-20-13(10-4-5-10)14(18)23-15/h10-12H,4-9H2,1-3H3,(H,19,21). The van der Waals surface area contributed by atoms with E-state index in [2.05, 4.69) is 21.2 Å². The summed E-state index contributed by atoms with van der Waals surface area (Å²) >= 11 is 5.49. The fraction of sp³-hybridized carbons (Fsp3) is 0.765. The molecule has 2 aliphatic carbocycles. The van der Waals surface area contributed by atoms with E-state index in [4.69, 9.17) is 9.72 Å². The molecule has 0 radical (unpaired) electrons. The van der Waals surface area contributed by atoms with Gasteiger partial charge in [-0.25, -0.2) is 9.78 Å². The number of alkyl carbamates (subject to hydrolysis) is 1. The number of halogens is 1. The van der Waals surface area contributed by atoms with Crippen molar-refractivity contribution in [2.24, 2.45) is 0 Å². The predicted molar refractivity (Wildman–Crippen MR) is 96.2 cm³/mol. The number of hydrogen-bond acceptors (Lipinski definition) is 4. The topological polar surface area (TPSA) is 51.2 Å². The Morgan fingerprint density at radius 3 is 2.35 bits per heavy atom. The number of rotatable bonds is 3. The third-order valence-corrected chi connectivity index (χ3v) is 6.30. The lowest BCUT2D eigenvalue weighted by Crippen LogP contribution is -2.40. The first-order chi connectivity index (χ1) is 10.8. The minimum absolute atomic E-state index is 0.229. The normalized spacial score (nSPS) is 25.2. The first-order valence-electron chi connectivity index (χ1n) is 8.47. The van der Waals surface area contributed by atoms with Crippen molar-refractivity contribution >= 4 is 33.4 Å². The van der Waals surface area contributed by atoms with Gasteiger partial charge in [-0.15, -0.1) is 11.3 Å². The number of aromatic nitrogens is 1. The molecule has 1 aromatic rings. The summed E-state index contributed by atoms with van der Waals surface area (Å²) in [6.45, 7) is 5.67. The molecule has 0 saturated heterocycles. The lowest BCUT2D eigenvalue weighted by atomic mass is 9.86. The molecule has 4 nitrogen and oxygen atoms in total. The van der Waals surface area contributed by atoms with Crippen molar-refractivity contribution in [3.05, 3.63) is 14.5 Å². The van der Waals surface area contributed by atoms with Gasteiger partial charge in [0.1, 0.15) is 5.60 Å². The number of carbonyl (C=O) groups is 1. The van der Waals surface area contributed by atoms with Crippen LogP contribution in [0.15, 0.2) is 3.79 Å². The van der Waals surface area contributed by atoms with Gasteiger partial charge in [0, 0.05) is 17.9 Å². The SMILES string of the molecule is CC(C)(C)OC(=O)NC1CCC(c2nc(C3CC3)c(Br)s2)CC1. The second-order valence-electron chi connectivity index (χ2n) is 7.68. The third kappa shape index (κ3) is 4.69. The summed E-state index contributed by atoms with van der Waals surface area (Å²) in [5, 5.41) is 4.28. The molecule has 0 atom stereocenters. The highest BCUT2D eigenvalue weighted by Gasteiger charge is 2.32. The molecule has 2 fully saturated rings. The number of nitrogens with one attached hydrogen (secondary N) is 1. The lowest BCUT2D eigenvalue weighted by Gasteiger charge is -2.29. The van der Waals surface area contributed by atoms with E-state index in [9.17, 15) is 4.79 Å². The van der Waals surface area contributed by atoms with Gasteiger partial charge in [-0.1, -0.05) is 0 Å². The molecule has 0 bridgehead atoms. The van der Waals surface area contributed by atoms with E-state index in [1.165, 1.54) is 27.3 Å². The van der Waals surface area contributed by atoms with E-state index in [-0.39, 0.29) is 12.1 Å². The first kappa shape index (κ1) is 17.2. The molecule has 0 spiro atoms. The van der Waals surface area contributed by atoms with Gasteiger partial charge < -0.3 is 10.1 Å². The molecule has 1 N–H and O–H groups in total. The minimum Gasteiger partial charge on any atom is -0.444 e. The van der Waals surface area contributed by atoms with Crippen LogP contribution in [0.2, 0.25) is 0 Å². The van der Waals surface area contributed by atoms with Crippen molar-refractivity contribution < 1.29 is 9.53 Å². The zero-order chi connectivity index (χ0) is 16.6. The van der Waals surface area contributed by atoms with Crippen LogP contribution in [0, 0.1) is 0 Å². The van der Waals surface area contributed by atoms with Crippen molar-refractivity contribution in [1.29, 1.82) is 0 Å². The van der Waals surface area contributed by atoms with Gasteiger partial charge in [-0.3, -0.25) is 0 Å². The van der Waals surface area contributed by atoms with Gasteiger partial charge in [0.05, 0.1) is 14.5 Å². The smallest absolute Gasteiger partial charge is 0.407 e. The summed E-state index contributed by atoms with van der Waals surface area (Å²) in [6, 6.07) is 0.229. The Morgan fingerprint density at radius 1 is 1.17 bits per heavy atom. The van der Waals surface area contributed by atoms with Crippen molar-refractivity contribution in [2.45, 2.75) is 82.8 Å². The largest absolute Gasteiger partial charge is 0.444 e. The molecular weight excluding hydrogens is 376 g/mol. The van der Waals surface area contributed by atoms with E-state index in [1.807, 2.05) is 20.8 Å². The maximum atomic E-state index is 11.9. The maximum Gasteiger partial charge on any atom is 0.407 e. The van der Waals surface area contributed by atoms with Crippen molar-refractivity contribution in [1.82, 2.24) is 10.3 Å². The number of amides is 1. The Morgan fingerprint density at radius 2 is 1.78 bits per heavy atom. The van der Waals surface area contributed by atoms with Gasteiger partial charge in [0.2, 0.25) is 0 Å². The molecule has 0 aromatic carbocycles. The van der Waals surface area contributed by atoms with Crippen LogP contribution in [0.4, 0.5) is 4.79 Å². The Kier molecular flexibility index (Phi) is 5.02. The monoisotopic (exact) mass is 400 g/mol. The summed E-state index contributed by atoms with van der Waals surface area (Å²) in [7, 11) is 0. The number of hydrogen-bond donors (Lipinski definition) is 1. The molecule has 3 rings (SSSR count). The van der Waals surface area contributed by atoms with Crippen LogP contribution in [-0.2, 0) is 4.74 Å². The van der Waals surface area contributed by atoms with Crippen molar-refractivity contribution in [3.8, 4) is 0 Å². The Hall–Kier alpha value is -0.620. The second-order valence-corrected chi connectivity index (χ2v) is 10.0.